The Morgan fingerprint density at radius 3 is 2.44 bits per heavy atom. The van der Waals surface area contributed by atoms with Crippen LogP contribution in [0.25, 0.3) is 22.6 Å². The molecule has 3 aromatic rings. The van der Waals surface area contributed by atoms with Gasteiger partial charge in [0, 0.05) is 17.0 Å². The molecule has 27 heavy (non-hydrogen) atoms. The maximum Gasteiger partial charge on any atom is 0.264 e. The average Bonchev–Trinajstić information content (AvgIpc) is 3.34. The van der Waals surface area contributed by atoms with Crippen LogP contribution in [0.3, 0.4) is 0 Å². The topological polar surface area (TPSA) is 38.5 Å². The van der Waals surface area contributed by atoms with Crippen LogP contribution in [0.15, 0.2) is 65.4 Å². The van der Waals surface area contributed by atoms with Gasteiger partial charge in [-0.1, -0.05) is 56.3 Å². The number of benzene rings is 2. The molecular formula is C23H22N2O2. The highest BCUT2D eigenvalue weighted by Gasteiger charge is 2.51. The summed E-state index contributed by atoms with van der Waals surface area (Å²) < 4.78 is 12.3. The zero-order valence-corrected chi connectivity index (χ0v) is 15.8. The Kier molecular flexibility index (Phi) is 3.44. The lowest BCUT2D eigenvalue weighted by Gasteiger charge is -2.43. The molecule has 2 aliphatic heterocycles. The molecule has 2 atom stereocenters. The number of aromatic nitrogens is 1. The number of para-hydroxylation sites is 1. The van der Waals surface area contributed by atoms with Gasteiger partial charge in [-0.25, -0.2) is 4.98 Å². The lowest BCUT2D eigenvalue weighted by atomic mass is 9.87. The number of anilines is 1. The first kappa shape index (κ1) is 16.2. The molecule has 0 amide bonds. The Morgan fingerprint density at radius 1 is 1.04 bits per heavy atom. The van der Waals surface area contributed by atoms with Gasteiger partial charge < -0.3 is 9.15 Å². The van der Waals surface area contributed by atoms with Gasteiger partial charge >= 0.3 is 0 Å². The summed E-state index contributed by atoms with van der Waals surface area (Å²) in [4.78, 5) is 6.74. The van der Waals surface area contributed by atoms with Gasteiger partial charge in [0.15, 0.2) is 5.72 Å². The van der Waals surface area contributed by atoms with Crippen molar-refractivity contribution < 1.29 is 9.15 Å². The molecule has 2 aromatic carbocycles. The third-order valence-electron chi connectivity index (χ3n) is 5.96. The molecule has 0 bridgehead atoms. The molecule has 0 N–H and O–H groups in total. The van der Waals surface area contributed by atoms with E-state index in [1.54, 1.807) is 12.5 Å². The Balaban J connectivity index is 1.86. The Hall–Kier alpha value is -3.01. The van der Waals surface area contributed by atoms with Gasteiger partial charge in [0.25, 0.3) is 5.89 Å². The number of oxazole rings is 1. The van der Waals surface area contributed by atoms with Gasteiger partial charge in [0.05, 0.1) is 11.9 Å². The molecule has 0 fully saturated rings. The lowest BCUT2D eigenvalue weighted by molar-refractivity contribution is 0.0239. The standard InChI is InChI=1S/C23H22N2O2/c1-4-15(2)23(3)25-19-12-8-7-10-17(19)16-9-5-6-11-18(16)20(25)21(27-23)22-24-13-14-26-22/h5-15H,4H2,1-3H3. The van der Waals surface area contributed by atoms with Gasteiger partial charge in [-0.05, 0) is 25.0 Å². The van der Waals surface area contributed by atoms with Crippen LogP contribution >= 0.6 is 0 Å². The van der Waals surface area contributed by atoms with E-state index in [-0.39, 0.29) is 0 Å². The van der Waals surface area contributed by atoms with Crippen LogP contribution in [0, 0.1) is 5.92 Å². The van der Waals surface area contributed by atoms with Crippen molar-refractivity contribution in [3.63, 3.8) is 0 Å². The Morgan fingerprint density at radius 2 is 1.74 bits per heavy atom. The van der Waals surface area contributed by atoms with Crippen molar-refractivity contribution in [1.29, 1.82) is 0 Å². The van der Waals surface area contributed by atoms with E-state index >= 15 is 0 Å². The number of fused-ring (bicyclic) bond motifs is 6. The first-order chi connectivity index (χ1) is 13.1. The van der Waals surface area contributed by atoms with Crippen molar-refractivity contribution in [3.05, 3.63) is 72.4 Å². The third-order valence-corrected chi connectivity index (χ3v) is 5.96. The number of nitrogens with zero attached hydrogens (tertiary/aromatic N) is 2. The molecule has 2 aliphatic rings. The molecule has 2 unspecified atom stereocenters. The molecule has 4 heteroatoms. The van der Waals surface area contributed by atoms with E-state index in [0.717, 1.165) is 23.4 Å². The number of rotatable bonds is 3. The molecule has 0 radical (unpaired) electrons. The zero-order valence-electron chi connectivity index (χ0n) is 15.8. The van der Waals surface area contributed by atoms with Crippen LogP contribution in [-0.2, 0) is 4.74 Å². The fourth-order valence-corrected chi connectivity index (χ4v) is 4.23. The summed E-state index contributed by atoms with van der Waals surface area (Å²) in [6, 6.07) is 17.0. The van der Waals surface area contributed by atoms with Crippen LogP contribution in [0.1, 0.15) is 38.6 Å². The minimum Gasteiger partial charge on any atom is -0.460 e. The van der Waals surface area contributed by atoms with E-state index in [2.05, 4.69) is 79.2 Å². The molecule has 0 spiro atoms. The van der Waals surface area contributed by atoms with Gasteiger partial charge in [0.2, 0.25) is 5.76 Å². The highest BCUT2D eigenvalue weighted by Crippen LogP contribution is 2.56. The molecule has 1 aromatic heterocycles. The fraction of sp³-hybridized carbons (Fsp3) is 0.261. The van der Waals surface area contributed by atoms with E-state index < -0.39 is 5.72 Å². The summed E-state index contributed by atoms with van der Waals surface area (Å²) in [6.45, 7) is 6.60. The summed E-state index contributed by atoms with van der Waals surface area (Å²) >= 11 is 0. The minimum absolute atomic E-state index is 0.304. The smallest absolute Gasteiger partial charge is 0.264 e. The molecule has 0 saturated carbocycles. The van der Waals surface area contributed by atoms with Crippen LogP contribution in [0.4, 0.5) is 5.69 Å². The van der Waals surface area contributed by atoms with Gasteiger partial charge in [-0.15, -0.1) is 0 Å². The van der Waals surface area contributed by atoms with Crippen molar-refractivity contribution in [2.45, 2.75) is 32.9 Å². The molecular weight excluding hydrogens is 336 g/mol. The van der Waals surface area contributed by atoms with Crippen LogP contribution < -0.4 is 4.90 Å². The Bertz CT molecular complexity index is 1040. The number of hydrogen-bond donors (Lipinski definition) is 0. The van der Waals surface area contributed by atoms with Crippen LogP contribution in [-0.4, -0.2) is 10.7 Å². The maximum absolute atomic E-state index is 6.66. The molecule has 3 heterocycles. The lowest BCUT2D eigenvalue weighted by Crippen LogP contribution is -2.49. The van der Waals surface area contributed by atoms with E-state index in [0.29, 0.717) is 17.6 Å². The first-order valence-electron chi connectivity index (χ1n) is 9.47. The quantitative estimate of drug-likeness (QED) is 0.595. The second-order valence-electron chi connectivity index (χ2n) is 7.38. The molecule has 0 aliphatic carbocycles. The van der Waals surface area contributed by atoms with Gasteiger partial charge in [0.1, 0.15) is 12.0 Å². The molecule has 4 nitrogen and oxygen atoms in total. The summed E-state index contributed by atoms with van der Waals surface area (Å²) in [5, 5.41) is 0. The third kappa shape index (κ3) is 2.13. The van der Waals surface area contributed by atoms with Crippen molar-refractivity contribution in [2.75, 3.05) is 4.90 Å². The molecule has 0 saturated heterocycles. The SMILES string of the molecule is CCC(C)C1(C)OC(c2ncco2)=C2c3ccccc3-c3ccccc3N21. The number of ether oxygens (including phenoxy) is 1. The highest BCUT2D eigenvalue weighted by molar-refractivity contribution is 6.07. The van der Waals surface area contributed by atoms with Crippen LogP contribution in [0.5, 0.6) is 0 Å². The van der Waals surface area contributed by atoms with Gasteiger partial charge in [-0.2, -0.15) is 0 Å². The van der Waals surface area contributed by atoms with E-state index in [9.17, 15) is 0 Å². The van der Waals surface area contributed by atoms with E-state index in [4.69, 9.17) is 9.15 Å². The summed E-state index contributed by atoms with van der Waals surface area (Å²) in [5.74, 6) is 1.54. The normalized spacial score (nSPS) is 21.4. The van der Waals surface area contributed by atoms with Crippen molar-refractivity contribution >= 4 is 17.1 Å². The second kappa shape index (κ2) is 5.74. The van der Waals surface area contributed by atoms with E-state index in [1.807, 2.05) is 0 Å². The molecule has 136 valence electrons. The first-order valence-corrected chi connectivity index (χ1v) is 9.47. The fourth-order valence-electron chi connectivity index (χ4n) is 4.23. The van der Waals surface area contributed by atoms with E-state index in [1.165, 1.54) is 11.1 Å². The van der Waals surface area contributed by atoms with Crippen LogP contribution in [0.2, 0.25) is 0 Å². The summed E-state index contributed by atoms with van der Waals surface area (Å²) in [5.41, 5.74) is 5.27. The predicted molar refractivity (Wildman–Crippen MR) is 107 cm³/mol. The average molecular weight is 358 g/mol. The maximum atomic E-state index is 6.66. The largest absolute Gasteiger partial charge is 0.460 e. The van der Waals surface area contributed by atoms with Crippen molar-refractivity contribution in [1.82, 2.24) is 4.98 Å². The summed E-state index contributed by atoms with van der Waals surface area (Å²) in [6.07, 6.45) is 4.26. The molecule has 5 rings (SSSR count). The predicted octanol–water partition coefficient (Wildman–Crippen LogP) is 5.78. The highest BCUT2D eigenvalue weighted by atomic mass is 16.5. The monoisotopic (exact) mass is 358 g/mol. The number of hydrogen-bond acceptors (Lipinski definition) is 4. The second-order valence-corrected chi connectivity index (χ2v) is 7.38. The Labute approximate surface area is 159 Å². The van der Waals surface area contributed by atoms with Gasteiger partial charge in [-0.3, -0.25) is 4.90 Å². The zero-order chi connectivity index (χ0) is 18.6. The summed E-state index contributed by atoms with van der Waals surface area (Å²) in [7, 11) is 0. The van der Waals surface area contributed by atoms with Crippen molar-refractivity contribution in [2.24, 2.45) is 5.92 Å². The minimum atomic E-state index is -0.516. The van der Waals surface area contributed by atoms with Crippen molar-refractivity contribution in [3.8, 4) is 11.1 Å².